The highest BCUT2D eigenvalue weighted by molar-refractivity contribution is 5.85. The van der Waals surface area contributed by atoms with Crippen LogP contribution in [0.15, 0.2) is 70.2 Å². The van der Waals surface area contributed by atoms with Crippen LogP contribution in [0.3, 0.4) is 0 Å². The highest BCUT2D eigenvalue weighted by Crippen LogP contribution is 2.32. The van der Waals surface area contributed by atoms with E-state index in [0.29, 0.717) is 18.3 Å². The fraction of sp³-hybridized carbons (Fsp3) is 0.222. The van der Waals surface area contributed by atoms with Gasteiger partial charge >= 0.3 is 0 Å². The molecular weight excluding hydrogens is 398 g/mol. The van der Waals surface area contributed by atoms with E-state index in [4.69, 9.17) is 9.26 Å². The third-order valence-electron chi connectivity index (χ3n) is 5.91. The number of hydrogen-bond donors (Lipinski definition) is 0. The predicted octanol–water partition coefficient (Wildman–Crippen LogP) is 5.75. The number of methoxy groups -OCH3 is 1. The highest BCUT2D eigenvalue weighted by Gasteiger charge is 2.16. The molecule has 32 heavy (non-hydrogen) atoms. The molecule has 4 aromatic rings. The van der Waals surface area contributed by atoms with Crippen LogP contribution in [0.5, 0.6) is 0 Å². The molecule has 0 atom stereocenters. The smallest absolute Gasteiger partial charge is 0.258 e. The van der Waals surface area contributed by atoms with Crippen LogP contribution in [0.2, 0.25) is 0 Å². The Labute approximate surface area is 187 Å². The first-order valence-corrected chi connectivity index (χ1v) is 10.9. The van der Waals surface area contributed by atoms with E-state index in [0.717, 1.165) is 41.6 Å². The van der Waals surface area contributed by atoms with Crippen molar-refractivity contribution in [3.8, 4) is 34.0 Å². The van der Waals surface area contributed by atoms with Gasteiger partial charge in [-0.15, -0.1) is 0 Å². The second kappa shape index (κ2) is 8.89. The molecule has 0 unspecified atom stereocenters. The zero-order valence-electron chi connectivity index (χ0n) is 18.3. The minimum absolute atomic E-state index is 0.499. The summed E-state index contributed by atoms with van der Waals surface area (Å²) in [5.41, 5.74) is 9.05. The first-order valence-electron chi connectivity index (χ1n) is 10.9. The van der Waals surface area contributed by atoms with Crippen molar-refractivity contribution >= 4 is 6.21 Å². The number of rotatable bonds is 6. The van der Waals surface area contributed by atoms with Gasteiger partial charge in [0.25, 0.3) is 5.89 Å². The van der Waals surface area contributed by atoms with Gasteiger partial charge in [-0.3, -0.25) is 4.99 Å². The van der Waals surface area contributed by atoms with Gasteiger partial charge in [-0.05, 0) is 64.4 Å². The molecule has 0 N–H and O–H groups in total. The Morgan fingerprint density at radius 1 is 0.938 bits per heavy atom. The van der Waals surface area contributed by atoms with Crippen LogP contribution >= 0.6 is 0 Å². The topological polar surface area (TPSA) is 60.5 Å². The van der Waals surface area contributed by atoms with Crippen molar-refractivity contribution in [2.45, 2.75) is 26.4 Å². The van der Waals surface area contributed by atoms with Crippen LogP contribution in [0, 0.1) is 0 Å². The molecule has 0 bridgehead atoms. The van der Waals surface area contributed by atoms with Crippen molar-refractivity contribution in [3.63, 3.8) is 0 Å². The van der Waals surface area contributed by atoms with Gasteiger partial charge in [0.1, 0.15) is 0 Å². The second-order valence-corrected chi connectivity index (χ2v) is 7.94. The monoisotopic (exact) mass is 423 g/mol. The molecule has 0 saturated carbocycles. The Morgan fingerprint density at radius 3 is 2.66 bits per heavy atom. The summed E-state index contributed by atoms with van der Waals surface area (Å²) < 4.78 is 11.1. The summed E-state index contributed by atoms with van der Waals surface area (Å²) in [6.07, 6.45) is 3.87. The summed E-state index contributed by atoms with van der Waals surface area (Å²) in [5.74, 6) is 1.08. The summed E-state index contributed by atoms with van der Waals surface area (Å²) in [5, 5.41) is 4.23. The van der Waals surface area contributed by atoms with Gasteiger partial charge in [0, 0.05) is 31.0 Å². The molecule has 1 aliphatic heterocycles. The van der Waals surface area contributed by atoms with Crippen molar-refractivity contribution in [1.29, 1.82) is 0 Å². The van der Waals surface area contributed by atoms with Gasteiger partial charge in [0.05, 0.1) is 6.61 Å². The van der Waals surface area contributed by atoms with Crippen molar-refractivity contribution in [1.82, 2.24) is 10.1 Å². The zero-order chi connectivity index (χ0) is 21.9. The SMILES string of the molecule is CCc1ccccc1-c1ccc(-c2nc(-c3ccc4c(c3)C=NCC4)no2)cc1COC. The van der Waals surface area contributed by atoms with Crippen molar-refractivity contribution in [2.75, 3.05) is 13.7 Å². The lowest BCUT2D eigenvalue weighted by atomic mass is 9.93. The molecule has 0 amide bonds. The fourth-order valence-electron chi connectivity index (χ4n) is 4.24. The number of aliphatic imine (C=N–C) groups is 1. The lowest BCUT2D eigenvalue weighted by molar-refractivity contribution is 0.185. The normalized spacial score (nSPS) is 12.7. The van der Waals surface area contributed by atoms with Crippen LogP contribution < -0.4 is 0 Å². The second-order valence-electron chi connectivity index (χ2n) is 7.94. The molecule has 3 aromatic carbocycles. The average Bonchev–Trinajstić information content (AvgIpc) is 3.34. The Hall–Kier alpha value is -3.57. The van der Waals surface area contributed by atoms with E-state index in [2.05, 4.69) is 70.6 Å². The van der Waals surface area contributed by atoms with Gasteiger partial charge < -0.3 is 9.26 Å². The molecule has 2 heterocycles. The lowest BCUT2D eigenvalue weighted by Gasteiger charge is -2.13. The summed E-state index contributed by atoms with van der Waals surface area (Å²) >= 11 is 0. The maximum absolute atomic E-state index is 5.64. The van der Waals surface area contributed by atoms with E-state index in [1.807, 2.05) is 18.3 Å². The third-order valence-corrected chi connectivity index (χ3v) is 5.91. The molecule has 0 saturated heterocycles. The lowest BCUT2D eigenvalue weighted by Crippen LogP contribution is -2.02. The first kappa shape index (κ1) is 20.3. The van der Waals surface area contributed by atoms with Gasteiger partial charge in [0.2, 0.25) is 5.82 Å². The first-order chi connectivity index (χ1) is 15.8. The Balaban J connectivity index is 1.50. The van der Waals surface area contributed by atoms with Crippen molar-refractivity contribution in [2.24, 2.45) is 4.99 Å². The molecule has 1 aliphatic rings. The number of benzene rings is 3. The quantitative estimate of drug-likeness (QED) is 0.396. The van der Waals surface area contributed by atoms with Crippen LogP contribution in [-0.2, 0) is 24.2 Å². The predicted molar refractivity (Wildman–Crippen MR) is 127 cm³/mol. The molecule has 5 heteroatoms. The minimum Gasteiger partial charge on any atom is -0.380 e. The van der Waals surface area contributed by atoms with E-state index < -0.39 is 0 Å². The Kier molecular flexibility index (Phi) is 5.65. The van der Waals surface area contributed by atoms with Gasteiger partial charge in [-0.25, -0.2) is 0 Å². The molecule has 5 nitrogen and oxygen atoms in total. The average molecular weight is 424 g/mol. The van der Waals surface area contributed by atoms with E-state index in [1.165, 1.54) is 22.3 Å². The van der Waals surface area contributed by atoms with Crippen LogP contribution in [-0.4, -0.2) is 30.0 Å². The third kappa shape index (κ3) is 3.87. The fourth-order valence-corrected chi connectivity index (χ4v) is 4.24. The highest BCUT2D eigenvalue weighted by atomic mass is 16.5. The van der Waals surface area contributed by atoms with Gasteiger partial charge in [-0.2, -0.15) is 4.98 Å². The molecule has 0 spiro atoms. The molecule has 0 aliphatic carbocycles. The number of aryl methyl sites for hydroxylation is 1. The standard InChI is InChI=1S/C27H25N3O2/c1-3-18-6-4-5-7-24(18)25-11-10-21(15-23(25)17-31-2)27-29-26(30-32-27)20-9-8-19-12-13-28-16-22(19)14-20/h4-11,14-16H,3,12-13,17H2,1-2H3. The summed E-state index contributed by atoms with van der Waals surface area (Å²) in [4.78, 5) is 9.05. The number of ether oxygens (including phenoxy) is 1. The van der Waals surface area contributed by atoms with Crippen LogP contribution in [0.4, 0.5) is 0 Å². The molecule has 5 rings (SSSR count). The summed E-state index contributed by atoms with van der Waals surface area (Å²) in [7, 11) is 1.71. The molecule has 0 radical (unpaired) electrons. The van der Waals surface area contributed by atoms with E-state index in [9.17, 15) is 0 Å². The minimum atomic E-state index is 0.499. The van der Waals surface area contributed by atoms with Crippen LogP contribution in [0.1, 0.15) is 29.2 Å². The van der Waals surface area contributed by atoms with Gasteiger partial charge in [-0.1, -0.05) is 54.5 Å². The number of fused-ring (bicyclic) bond motifs is 1. The maximum Gasteiger partial charge on any atom is 0.258 e. The molecular formula is C27H25N3O2. The number of aromatic nitrogens is 2. The zero-order valence-corrected chi connectivity index (χ0v) is 18.3. The number of nitrogens with zero attached hydrogens (tertiary/aromatic N) is 3. The van der Waals surface area contributed by atoms with Crippen molar-refractivity contribution in [3.05, 3.63) is 82.9 Å². The summed E-state index contributed by atoms with van der Waals surface area (Å²) in [6, 6.07) is 21.0. The Bertz CT molecular complexity index is 1290. The van der Waals surface area contributed by atoms with E-state index >= 15 is 0 Å². The number of hydrogen-bond acceptors (Lipinski definition) is 5. The van der Waals surface area contributed by atoms with E-state index in [-0.39, 0.29) is 0 Å². The van der Waals surface area contributed by atoms with Crippen LogP contribution in [0.25, 0.3) is 34.0 Å². The molecule has 0 fully saturated rings. The largest absolute Gasteiger partial charge is 0.380 e. The summed E-state index contributed by atoms with van der Waals surface area (Å²) in [6.45, 7) is 3.53. The molecule has 1 aromatic heterocycles. The van der Waals surface area contributed by atoms with Gasteiger partial charge in [0.15, 0.2) is 0 Å². The maximum atomic E-state index is 5.64. The molecule has 160 valence electrons. The Morgan fingerprint density at radius 2 is 1.78 bits per heavy atom. The van der Waals surface area contributed by atoms with E-state index in [1.54, 1.807) is 7.11 Å². The van der Waals surface area contributed by atoms with Crippen molar-refractivity contribution < 1.29 is 9.26 Å².